The number of ether oxygens (including phenoxy) is 2. The lowest BCUT2D eigenvalue weighted by atomic mass is 10.2. The summed E-state index contributed by atoms with van der Waals surface area (Å²) in [6.07, 6.45) is 1.49. The summed E-state index contributed by atoms with van der Waals surface area (Å²) in [5.74, 6) is -0.0453. The van der Waals surface area contributed by atoms with Crippen LogP contribution in [0.25, 0.3) is 0 Å². The van der Waals surface area contributed by atoms with Crippen molar-refractivity contribution in [2.24, 2.45) is 0 Å². The fourth-order valence-corrected chi connectivity index (χ4v) is 1.71. The summed E-state index contributed by atoms with van der Waals surface area (Å²) in [6.45, 7) is 3.77. The highest BCUT2D eigenvalue weighted by Gasteiger charge is 2.26. The molecule has 0 aliphatic heterocycles. The SMILES string of the molecule is CCOC(=O)c1cccc(O[C@H](C)C(=O)NC2CC2)c1. The van der Waals surface area contributed by atoms with E-state index in [2.05, 4.69) is 5.32 Å². The molecule has 2 rings (SSSR count). The Morgan fingerprint density at radius 1 is 1.40 bits per heavy atom. The third-order valence-corrected chi connectivity index (χ3v) is 2.95. The highest BCUT2D eigenvalue weighted by molar-refractivity contribution is 5.89. The summed E-state index contributed by atoms with van der Waals surface area (Å²) >= 11 is 0. The maximum Gasteiger partial charge on any atom is 0.338 e. The first-order chi connectivity index (χ1) is 9.60. The van der Waals surface area contributed by atoms with Gasteiger partial charge in [-0.2, -0.15) is 0 Å². The third kappa shape index (κ3) is 3.98. The first-order valence-electron chi connectivity index (χ1n) is 6.84. The molecule has 0 saturated heterocycles. The van der Waals surface area contributed by atoms with Gasteiger partial charge < -0.3 is 14.8 Å². The molecule has 5 nitrogen and oxygen atoms in total. The molecule has 1 fully saturated rings. The fraction of sp³-hybridized carbons (Fsp3) is 0.467. The minimum Gasteiger partial charge on any atom is -0.481 e. The van der Waals surface area contributed by atoms with Crippen molar-refractivity contribution in [1.29, 1.82) is 0 Å². The van der Waals surface area contributed by atoms with Gasteiger partial charge in [0.25, 0.3) is 5.91 Å². The van der Waals surface area contributed by atoms with E-state index in [1.54, 1.807) is 38.1 Å². The van der Waals surface area contributed by atoms with Crippen LogP contribution >= 0.6 is 0 Å². The van der Waals surface area contributed by atoms with Crippen LogP contribution in [0.3, 0.4) is 0 Å². The van der Waals surface area contributed by atoms with Crippen molar-refractivity contribution in [1.82, 2.24) is 5.32 Å². The molecule has 108 valence electrons. The predicted octanol–water partition coefficient (Wildman–Crippen LogP) is 1.91. The van der Waals surface area contributed by atoms with Gasteiger partial charge in [0.2, 0.25) is 0 Å². The Balaban J connectivity index is 1.95. The first kappa shape index (κ1) is 14.4. The molecule has 0 aromatic heterocycles. The number of hydrogen-bond donors (Lipinski definition) is 1. The Morgan fingerprint density at radius 3 is 2.80 bits per heavy atom. The van der Waals surface area contributed by atoms with Crippen molar-refractivity contribution in [2.75, 3.05) is 6.61 Å². The molecule has 1 atom stereocenters. The quantitative estimate of drug-likeness (QED) is 0.807. The van der Waals surface area contributed by atoms with Crippen LogP contribution in [0.1, 0.15) is 37.0 Å². The van der Waals surface area contributed by atoms with Gasteiger partial charge in [-0.15, -0.1) is 0 Å². The number of benzene rings is 1. The Hall–Kier alpha value is -2.04. The minimum absolute atomic E-state index is 0.131. The molecule has 1 amide bonds. The van der Waals surface area contributed by atoms with E-state index in [9.17, 15) is 9.59 Å². The Labute approximate surface area is 118 Å². The van der Waals surface area contributed by atoms with E-state index in [-0.39, 0.29) is 5.91 Å². The number of rotatable bonds is 6. The van der Waals surface area contributed by atoms with Gasteiger partial charge in [0.05, 0.1) is 12.2 Å². The number of amides is 1. The minimum atomic E-state index is -0.590. The number of carbonyl (C=O) groups excluding carboxylic acids is 2. The second-order valence-electron chi connectivity index (χ2n) is 4.79. The van der Waals surface area contributed by atoms with E-state index < -0.39 is 12.1 Å². The lowest BCUT2D eigenvalue weighted by molar-refractivity contribution is -0.127. The maximum absolute atomic E-state index is 11.8. The van der Waals surface area contributed by atoms with Gasteiger partial charge in [-0.05, 0) is 44.9 Å². The van der Waals surface area contributed by atoms with E-state index in [4.69, 9.17) is 9.47 Å². The molecule has 20 heavy (non-hydrogen) atoms. The van der Waals surface area contributed by atoms with Gasteiger partial charge in [0, 0.05) is 6.04 Å². The second-order valence-corrected chi connectivity index (χ2v) is 4.79. The number of esters is 1. The molecule has 0 unspecified atom stereocenters. The summed E-state index contributed by atoms with van der Waals surface area (Å²) < 4.78 is 10.5. The molecule has 5 heteroatoms. The van der Waals surface area contributed by atoms with E-state index in [0.29, 0.717) is 24.0 Å². The smallest absolute Gasteiger partial charge is 0.338 e. The van der Waals surface area contributed by atoms with Crippen molar-refractivity contribution in [3.05, 3.63) is 29.8 Å². The third-order valence-electron chi connectivity index (χ3n) is 2.95. The van der Waals surface area contributed by atoms with Crippen LogP contribution in [0.2, 0.25) is 0 Å². The van der Waals surface area contributed by atoms with Crippen LogP contribution < -0.4 is 10.1 Å². The van der Waals surface area contributed by atoms with Crippen molar-refractivity contribution < 1.29 is 19.1 Å². The molecule has 1 saturated carbocycles. The van der Waals surface area contributed by atoms with E-state index in [0.717, 1.165) is 12.8 Å². The van der Waals surface area contributed by atoms with Gasteiger partial charge in [-0.25, -0.2) is 4.79 Å². The van der Waals surface area contributed by atoms with E-state index in [1.165, 1.54) is 0 Å². The maximum atomic E-state index is 11.8. The average Bonchev–Trinajstić information content (AvgIpc) is 3.23. The van der Waals surface area contributed by atoms with Crippen LogP contribution in [-0.4, -0.2) is 30.6 Å². The van der Waals surface area contributed by atoms with Crippen molar-refractivity contribution in [3.8, 4) is 5.75 Å². The van der Waals surface area contributed by atoms with E-state index in [1.807, 2.05) is 0 Å². The first-order valence-corrected chi connectivity index (χ1v) is 6.84. The largest absolute Gasteiger partial charge is 0.481 e. The highest BCUT2D eigenvalue weighted by Crippen LogP contribution is 2.20. The van der Waals surface area contributed by atoms with Crippen molar-refractivity contribution in [3.63, 3.8) is 0 Å². The van der Waals surface area contributed by atoms with Gasteiger partial charge in [-0.1, -0.05) is 6.07 Å². The van der Waals surface area contributed by atoms with Crippen LogP contribution in [0.5, 0.6) is 5.75 Å². The molecule has 0 bridgehead atoms. The Kier molecular flexibility index (Phi) is 4.61. The number of hydrogen-bond acceptors (Lipinski definition) is 4. The summed E-state index contributed by atoms with van der Waals surface area (Å²) in [7, 11) is 0. The predicted molar refractivity (Wildman–Crippen MR) is 73.7 cm³/mol. The standard InChI is InChI=1S/C15H19NO4/c1-3-19-15(18)11-5-4-6-13(9-11)20-10(2)14(17)16-12-7-8-12/h4-6,9-10,12H,3,7-8H2,1-2H3,(H,16,17)/t10-/m1/s1. The van der Waals surface area contributed by atoms with Crippen molar-refractivity contribution >= 4 is 11.9 Å². The number of carbonyl (C=O) groups is 2. The zero-order valence-corrected chi connectivity index (χ0v) is 11.7. The van der Waals surface area contributed by atoms with Gasteiger partial charge >= 0.3 is 5.97 Å². The Bertz CT molecular complexity index is 496. The Morgan fingerprint density at radius 2 is 2.15 bits per heavy atom. The van der Waals surface area contributed by atoms with Crippen LogP contribution in [0.4, 0.5) is 0 Å². The zero-order valence-electron chi connectivity index (χ0n) is 11.7. The summed E-state index contributed by atoms with van der Waals surface area (Å²) in [5.41, 5.74) is 0.416. The molecule has 1 aromatic rings. The monoisotopic (exact) mass is 277 g/mol. The van der Waals surface area contributed by atoms with Crippen LogP contribution in [0, 0.1) is 0 Å². The molecular weight excluding hydrogens is 258 g/mol. The van der Waals surface area contributed by atoms with E-state index >= 15 is 0 Å². The number of nitrogens with one attached hydrogen (secondary N) is 1. The molecular formula is C15H19NO4. The molecule has 1 aliphatic rings. The normalized spacial score (nSPS) is 15.3. The molecule has 0 heterocycles. The molecule has 0 spiro atoms. The molecule has 1 N–H and O–H groups in total. The highest BCUT2D eigenvalue weighted by atomic mass is 16.5. The van der Waals surface area contributed by atoms with Gasteiger partial charge in [0.15, 0.2) is 6.10 Å². The van der Waals surface area contributed by atoms with Gasteiger partial charge in [0.1, 0.15) is 5.75 Å². The average molecular weight is 277 g/mol. The topological polar surface area (TPSA) is 64.6 Å². The summed E-state index contributed by atoms with van der Waals surface area (Å²) in [4.78, 5) is 23.4. The zero-order chi connectivity index (χ0) is 14.5. The van der Waals surface area contributed by atoms with Gasteiger partial charge in [-0.3, -0.25) is 4.79 Å². The molecule has 1 aliphatic carbocycles. The van der Waals surface area contributed by atoms with Crippen LogP contribution in [-0.2, 0) is 9.53 Å². The second kappa shape index (κ2) is 6.41. The summed E-state index contributed by atoms with van der Waals surface area (Å²) in [5, 5.41) is 2.88. The molecule has 0 radical (unpaired) electrons. The van der Waals surface area contributed by atoms with Crippen LogP contribution in [0.15, 0.2) is 24.3 Å². The van der Waals surface area contributed by atoms with Crippen molar-refractivity contribution in [2.45, 2.75) is 38.8 Å². The fourth-order valence-electron chi connectivity index (χ4n) is 1.71. The lowest BCUT2D eigenvalue weighted by Crippen LogP contribution is -2.37. The lowest BCUT2D eigenvalue weighted by Gasteiger charge is -2.15. The molecule has 1 aromatic carbocycles. The summed E-state index contributed by atoms with van der Waals surface area (Å²) in [6, 6.07) is 6.95.